The van der Waals surface area contributed by atoms with Crippen LogP contribution in [0.4, 0.5) is 4.39 Å². The summed E-state index contributed by atoms with van der Waals surface area (Å²) >= 11 is 0. The third kappa shape index (κ3) is 4.25. The van der Waals surface area contributed by atoms with Crippen molar-refractivity contribution >= 4 is 22.8 Å². The van der Waals surface area contributed by atoms with E-state index in [9.17, 15) is 19.5 Å². The second-order valence-corrected chi connectivity index (χ2v) is 10.9. The number of ether oxygens (including phenoxy) is 2. The van der Waals surface area contributed by atoms with Crippen LogP contribution in [-0.4, -0.2) is 53.3 Å². The number of likely N-dealkylation sites (N-methyl/N-ethyl adjacent to an activating group) is 1. The molecule has 6 rings (SSSR count). The molecule has 0 saturated heterocycles. The van der Waals surface area contributed by atoms with Crippen molar-refractivity contribution in [3.63, 3.8) is 0 Å². The van der Waals surface area contributed by atoms with E-state index in [0.717, 1.165) is 22.1 Å². The number of aryl methyl sites for hydroxylation is 1. The summed E-state index contributed by atoms with van der Waals surface area (Å²) in [6.07, 6.45) is 1.36. The van der Waals surface area contributed by atoms with Crippen molar-refractivity contribution in [1.82, 2.24) is 20.2 Å². The molecular formula is C30H33FN4O6. The number of nitrogens with one attached hydrogen (secondary N) is 2. The zero-order valence-electron chi connectivity index (χ0n) is 23.4. The van der Waals surface area contributed by atoms with Crippen molar-refractivity contribution in [2.75, 3.05) is 26.8 Å². The van der Waals surface area contributed by atoms with E-state index in [-0.39, 0.29) is 60.4 Å². The number of hydrogen-bond donors (Lipinski definition) is 3. The van der Waals surface area contributed by atoms with Gasteiger partial charge in [0.2, 0.25) is 5.91 Å². The Morgan fingerprint density at radius 1 is 1.27 bits per heavy atom. The summed E-state index contributed by atoms with van der Waals surface area (Å²) in [6.45, 7) is 4.86. The molecule has 11 heteroatoms. The predicted molar refractivity (Wildman–Crippen MR) is 148 cm³/mol. The van der Waals surface area contributed by atoms with Crippen molar-refractivity contribution in [3.05, 3.63) is 61.7 Å². The molecule has 0 fully saturated rings. The van der Waals surface area contributed by atoms with Crippen LogP contribution in [0.1, 0.15) is 65.6 Å². The van der Waals surface area contributed by atoms with Crippen LogP contribution in [0.25, 0.3) is 22.3 Å². The zero-order valence-corrected chi connectivity index (χ0v) is 23.4. The minimum Gasteiger partial charge on any atom is -0.458 e. The monoisotopic (exact) mass is 564 g/mol. The highest BCUT2D eigenvalue weighted by Crippen LogP contribution is 2.45. The van der Waals surface area contributed by atoms with Crippen molar-refractivity contribution in [1.29, 1.82) is 0 Å². The van der Waals surface area contributed by atoms with E-state index < -0.39 is 11.6 Å². The maximum Gasteiger partial charge on any atom is 0.343 e. The molecule has 3 aromatic rings. The Kier molecular flexibility index (Phi) is 6.91. The molecule has 1 aliphatic carbocycles. The summed E-state index contributed by atoms with van der Waals surface area (Å²) in [5.41, 5.74) is 2.50. The molecule has 3 aliphatic rings. The van der Waals surface area contributed by atoms with Gasteiger partial charge in [-0.15, -0.1) is 0 Å². The van der Waals surface area contributed by atoms with Gasteiger partial charge in [-0.1, -0.05) is 6.92 Å². The average molecular weight is 565 g/mol. The van der Waals surface area contributed by atoms with Crippen LogP contribution < -0.4 is 16.2 Å². The fourth-order valence-corrected chi connectivity index (χ4v) is 6.41. The third-order valence-corrected chi connectivity index (χ3v) is 8.68. The summed E-state index contributed by atoms with van der Waals surface area (Å²) in [5, 5.41) is 18.1. The second-order valence-electron chi connectivity index (χ2n) is 10.9. The molecule has 3 N–H and O–H groups in total. The Morgan fingerprint density at radius 3 is 2.83 bits per heavy atom. The van der Waals surface area contributed by atoms with Gasteiger partial charge in [0, 0.05) is 35.5 Å². The molecule has 4 heterocycles. The van der Waals surface area contributed by atoms with Crippen LogP contribution in [0.5, 0.6) is 0 Å². The van der Waals surface area contributed by atoms with E-state index in [1.165, 1.54) is 6.07 Å². The molecule has 2 aromatic heterocycles. The zero-order chi connectivity index (χ0) is 29.1. The van der Waals surface area contributed by atoms with Gasteiger partial charge in [-0.2, -0.15) is 0 Å². The van der Waals surface area contributed by atoms with Gasteiger partial charge in [-0.3, -0.25) is 9.59 Å². The minimum absolute atomic E-state index is 0.0333. The first-order valence-electron chi connectivity index (χ1n) is 14.0. The first kappa shape index (κ1) is 27.5. The fourth-order valence-electron chi connectivity index (χ4n) is 6.41. The number of esters is 1. The Balaban J connectivity index is 1.48. The average Bonchev–Trinajstić information content (AvgIpc) is 3.33. The lowest BCUT2D eigenvalue weighted by Crippen LogP contribution is -2.44. The molecule has 216 valence electrons. The van der Waals surface area contributed by atoms with Gasteiger partial charge in [-0.05, 0) is 56.0 Å². The van der Waals surface area contributed by atoms with Crippen molar-refractivity contribution in [2.45, 2.75) is 64.3 Å². The smallest absolute Gasteiger partial charge is 0.343 e. The highest BCUT2D eigenvalue weighted by molar-refractivity contribution is 5.94. The van der Waals surface area contributed by atoms with E-state index in [1.54, 1.807) is 24.5 Å². The number of halogens is 1. The molecule has 2 aliphatic heterocycles. The van der Waals surface area contributed by atoms with Gasteiger partial charge in [0.25, 0.3) is 5.56 Å². The van der Waals surface area contributed by atoms with Crippen molar-refractivity contribution < 1.29 is 28.6 Å². The highest BCUT2D eigenvalue weighted by atomic mass is 19.1. The lowest BCUT2D eigenvalue weighted by Gasteiger charge is -2.31. The molecule has 1 aromatic carbocycles. The molecule has 0 radical (unpaired) electrons. The normalized spacial score (nSPS) is 20.4. The largest absolute Gasteiger partial charge is 0.458 e. The number of hydrogen-bond acceptors (Lipinski definition) is 8. The van der Waals surface area contributed by atoms with E-state index >= 15 is 4.39 Å². The van der Waals surface area contributed by atoms with Crippen LogP contribution in [0.2, 0.25) is 0 Å². The van der Waals surface area contributed by atoms with Gasteiger partial charge in [0.05, 0.1) is 48.3 Å². The van der Waals surface area contributed by atoms with E-state index in [2.05, 4.69) is 10.6 Å². The molecule has 0 saturated carbocycles. The summed E-state index contributed by atoms with van der Waals surface area (Å²) in [4.78, 5) is 44.0. The number of cyclic esters (lactones) is 1. The van der Waals surface area contributed by atoms with E-state index in [0.29, 0.717) is 55.1 Å². The van der Waals surface area contributed by atoms with Gasteiger partial charge in [0.1, 0.15) is 12.4 Å². The number of benzene rings is 1. The number of amides is 1. The minimum atomic E-state index is -1.95. The van der Waals surface area contributed by atoms with Gasteiger partial charge < -0.3 is 29.8 Å². The summed E-state index contributed by atoms with van der Waals surface area (Å²) in [5.74, 6) is -1.32. The standard InChI is InChI=1S/C30H33FN4O6/c1-4-30(39)19-11-23-27-17(13-35(23)28(37)18(19)14-41-29(30)38)26-21(33-24(36)7-9-40-10-8-32-3)6-5-16-15(2)20(31)12-22(34-27)25(16)26/h11-12,21,32,39H,4-10,13-14H2,1-3H3,(H,33,36)/t21-,30-/m0/s1. The Labute approximate surface area is 235 Å². The SMILES string of the molecule is CC[C@@]1(O)C(=O)OCc2c1cc1n(c2=O)Cc2c-1nc1cc(F)c(C)c3c1c2[C@@H](NC(=O)CCOCCNC)CC3. The van der Waals surface area contributed by atoms with Crippen LogP contribution in [0.3, 0.4) is 0 Å². The number of carbonyl (C=O) groups excluding carboxylic acids is 2. The van der Waals surface area contributed by atoms with Gasteiger partial charge in [-0.25, -0.2) is 14.2 Å². The molecule has 0 bridgehead atoms. The first-order valence-corrected chi connectivity index (χ1v) is 14.0. The maximum absolute atomic E-state index is 15.0. The lowest BCUT2D eigenvalue weighted by atomic mass is 9.81. The van der Waals surface area contributed by atoms with Crippen molar-refractivity contribution in [3.8, 4) is 11.4 Å². The molecular weight excluding hydrogens is 531 g/mol. The molecule has 0 unspecified atom stereocenters. The van der Waals surface area contributed by atoms with Crippen LogP contribution in [-0.2, 0) is 44.2 Å². The predicted octanol–water partition coefficient (Wildman–Crippen LogP) is 2.26. The van der Waals surface area contributed by atoms with Crippen LogP contribution in [0.15, 0.2) is 16.9 Å². The maximum atomic E-state index is 15.0. The van der Waals surface area contributed by atoms with E-state index in [4.69, 9.17) is 14.5 Å². The Morgan fingerprint density at radius 2 is 2.07 bits per heavy atom. The quantitative estimate of drug-likeness (QED) is 0.219. The summed E-state index contributed by atoms with van der Waals surface area (Å²) in [7, 11) is 1.83. The number of aromatic nitrogens is 2. The Bertz CT molecular complexity index is 1670. The molecule has 0 spiro atoms. The number of carbonyl (C=O) groups is 2. The highest BCUT2D eigenvalue weighted by Gasteiger charge is 2.46. The Hall–Kier alpha value is -3.67. The number of nitrogens with zero attached hydrogens (tertiary/aromatic N) is 2. The number of pyridine rings is 2. The topological polar surface area (TPSA) is 132 Å². The summed E-state index contributed by atoms with van der Waals surface area (Å²) < 4.78 is 27.3. The number of rotatable bonds is 8. The molecule has 10 nitrogen and oxygen atoms in total. The number of fused-ring (bicyclic) bond motifs is 5. The van der Waals surface area contributed by atoms with E-state index in [1.807, 2.05) is 7.05 Å². The first-order chi connectivity index (χ1) is 19.7. The molecule has 41 heavy (non-hydrogen) atoms. The summed E-state index contributed by atoms with van der Waals surface area (Å²) in [6, 6.07) is 2.67. The van der Waals surface area contributed by atoms with Gasteiger partial charge >= 0.3 is 5.97 Å². The second kappa shape index (κ2) is 10.3. The third-order valence-electron chi connectivity index (χ3n) is 8.68. The fraction of sp³-hybridized carbons (Fsp3) is 0.467. The van der Waals surface area contributed by atoms with Crippen molar-refractivity contribution in [2.24, 2.45) is 0 Å². The van der Waals surface area contributed by atoms with Gasteiger partial charge in [0.15, 0.2) is 5.60 Å². The molecule has 2 atom stereocenters. The van der Waals surface area contributed by atoms with Crippen LogP contribution in [0, 0.1) is 12.7 Å². The molecule has 1 amide bonds. The number of aliphatic hydroxyl groups is 1. The van der Waals surface area contributed by atoms with Crippen LogP contribution >= 0.6 is 0 Å². The lowest BCUT2D eigenvalue weighted by molar-refractivity contribution is -0.172.